The Morgan fingerprint density at radius 1 is 1.50 bits per heavy atom. The first-order chi connectivity index (χ1) is 7.62. The van der Waals surface area contributed by atoms with Crippen molar-refractivity contribution in [3.8, 4) is 0 Å². The first kappa shape index (κ1) is 10.7. The second kappa shape index (κ2) is 3.53. The number of fused-ring (bicyclic) bond motifs is 1. The van der Waals surface area contributed by atoms with E-state index in [1.807, 2.05) is 13.8 Å². The van der Waals surface area contributed by atoms with Gasteiger partial charge in [-0.15, -0.1) is 11.3 Å². The Morgan fingerprint density at radius 3 is 3.12 bits per heavy atom. The van der Waals surface area contributed by atoms with Crippen molar-refractivity contribution in [3.05, 3.63) is 22.4 Å². The van der Waals surface area contributed by atoms with Crippen LogP contribution in [-0.2, 0) is 15.1 Å². The van der Waals surface area contributed by atoms with Crippen LogP contribution in [0.15, 0.2) is 17.5 Å². The molecule has 16 heavy (non-hydrogen) atoms. The van der Waals surface area contributed by atoms with Crippen molar-refractivity contribution in [2.45, 2.75) is 37.8 Å². The highest BCUT2D eigenvalue weighted by Crippen LogP contribution is 2.48. The van der Waals surface area contributed by atoms with Crippen molar-refractivity contribution < 1.29 is 9.47 Å². The average molecular weight is 239 g/mol. The standard InChI is InChI=1S/C12H17NO2S/c1-11(2)14-9-8-13-6-5-12(9,15-11)10-4-3-7-16-10/h3-4,7,9,13H,5-6,8H2,1-2H3/t9-,12+/m0/s1. The van der Waals surface area contributed by atoms with Gasteiger partial charge in [-0.2, -0.15) is 0 Å². The zero-order valence-corrected chi connectivity index (χ0v) is 10.5. The van der Waals surface area contributed by atoms with Crippen molar-refractivity contribution in [1.29, 1.82) is 0 Å². The van der Waals surface area contributed by atoms with Gasteiger partial charge in [0.2, 0.25) is 0 Å². The van der Waals surface area contributed by atoms with Gasteiger partial charge in [0.1, 0.15) is 11.7 Å². The van der Waals surface area contributed by atoms with Crippen LogP contribution in [0.4, 0.5) is 0 Å². The molecule has 0 aromatic carbocycles. The van der Waals surface area contributed by atoms with E-state index in [-0.39, 0.29) is 11.7 Å². The molecule has 0 unspecified atom stereocenters. The minimum atomic E-state index is -0.472. The normalized spacial score (nSPS) is 37.2. The van der Waals surface area contributed by atoms with Crippen molar-refractivity contribution in [3.63, 3.8) is 0 Å². The van der Waals surface area contributed by atoms with Gasteiger partial charge in [-0.25, -0.2) is 0 Å². The van der Waals surface area contributed by atoms with Gasteiger partial charge in [-0.05, 0) is 38.3 Å². The molecule has 0 saturated carbocycles. The quantitative estimate of drug-likeness (QED) is 0.814. The Hall–Kier alpha value is -0.420. The molecule has 3 heterocycles. The monoisotopic (exact) mass is 239 g/mol. The van der Waals surface area contributed by atoms with Crippen LogP contribution >= 0.6 is 11.3 Å². The summed E-state index contributed by atoms with van der Waals surface area (Å²) in [6.07, 6.45) is 1.12. The topological polar surface area (TPSA) is 30.5 Å². The molecule has 0 aliphatic carbocycles. The molecule has 0 bridgehead atoms. The number of rotatable bonds is 1. The first-order valence-electron chi connectivity index (χ1n) is 5.75. The molecule has 3 rings (SSSR count). The summed E-state index contributed by atoms with van der Waals surface area (Å²) in [6, 6.07) is 4.25. The molecule has 2 aliphatic heterocycles. The van der Waals surface area contributed by atoms with E-state index in [1.165, 1.54) is 4.88 Å². The zero-order valence-electron chi connectivity index (χ0n) is 9.66. The van der Waals surface area contributed by atoms with E-state index in [0.29, 0.717) is 0 Å². The Bertz CT molecular complexity index is 376. The van der Waals surface area contributed by atoms with Crippen LogP contribution in [0.3, 0.4) is 0 Å². The van der Waals surface area contributed by atoms with Crippen LogP contribution in [0.25, 0.3) is 0 Å². The molecule has 1 aromatic heterocycles. The third kappa shape index (κ3) is 1.52. The molecular formula is C12H17NO2S. The SMILES string of the molecule is CC1(C)O[C@H]2CNCC[C@@]2(c2cccs2)O1. The van der Waals surface area contributed by atoms with Gasteiger partial charge >= 0.3 is 0 Å². The summed E-state index contributed by atoms with van der Waals surface area (Å²) < 4.78 is 12.2. The van der Waals surface area contributed by atoms with Crippen LogP contribution in [0.2, 0.25) is 0 Å². The molecule has 1 N–H and O–H groups in total. The molecule has 4 heteroatoms. The molecule has 1 aromatic rings. The van der Waals surface area contributed by atoms with Crippen LogP contribution in [0.5, 0.6) is 0 Å². The van der Waals surface area contributed by atoms with Crippen molar-refractivity contribution in [1.82, 2.24) is 5.32 Å². The maximum atomic E-state index is 6.23. The Balaban J connectivity index is 2.01. The molecule has 0 amide bonds. The van der Waals surface area contributed by atoms with Gasteiger partial charge in [-0.3, -0.25) is 0 Å². The van der Waals surface area contributed by atoms with Crippen molar-refractivity contribution >= 4 is 11.3 Å². The van der Waals surface area contributed by atoms with Gasteiger partial charge in [-0.1, -0.05) is 6.07 Å². The third-order valence-corrected chi connectivity index (χ3v) is 4.34. The van der Waals surface area contributed by atoms with E-state index in [0.717, 1.165) is 19.5 Å². The summed E-state index contributed by atoms with van der Waals surface area (Å²) in [5, 5.41) is 5.49. The maximum Gasteiger partial charge on any atom is 0.164 e. The van der Waals surface area contributed by atoms with E-state index in [2.05, 4.69) is 22.8 Å². The Labute approximate surface area is 99.8 Å². The summed E-state index contributed by atoms with van der Waals surface area (Å²) in [6.45, 7) is 5.87. The minimum absolute atomic E-state index is 0.134. The van der Waals surface area contributed by atoms with E-state index in [9.17, 15) is 0 Å². The molecule has 2 aliphatic rings. The minimum Gasteiger partial charge on any atom is -0.343 e. The molecule has 88 valence electrons. The van der Waals surface area contributed by atoms with Crippen LogP contribution < -0.4 is 5.32 Å². The number of hydrogen-bond donors (Lipinski definition) is 1. The predicted octanol–water partition coefficient (Wildman–Crippen LogP) is 2.09. The smallest absolute Gasteiger partial charge is 0.164 e. The zero-order chi connectivity index (χ0) is 11.2. The van der Waals surface area contributed by atoms with Crippen LogP contribution in [-0.4, -0.2) is 25.0 Å². The number of ether oxygens (including phenoxy) is 2. The van der Waals surface area contributed by atoms with Crippen molar-refractivity contribution in [2.75, 3.05) is 13.1 Å². The van der Waals surface area contributed by atoms with Gasteiger partial charge in [0.15, 0.2) is 5.79 Å². The van der Waals surface area contributed by atoms with Crippen molar-refractivity contribution in [2.24, 2.45) is 0 Å². The summed E-state index contributed by atoms with van der Waals surface area (Å²) in [5.74, 6) is -0.472. The fourth-order valence-electron chi connectivity index (χ4n) is 2.74. The Morgan fingerprint density at radius 2 is 2.38 bits per heavy atom. The van der Waals surface area contributed by atoms with Gasteiger partial charge < -0.3 is 14.8 Å². The lowest BCUT2D eigenvalue weighted by molar-refractivity contribution is -0.164. The average Bonchev–Trinajstić information content (AvgIpc) is 2.79. The van der Waals surface area contributed by atoms with E-state index >= 15 is 0 Å². The molecule has 2 atom stereocenters. The van der Waals surface area contributed by atoms with Crippen LogP contribution in [0, 0.1) is 0 Å². The largest absolute Gasteiger partial charge is 0.343 e. The molecule has 2 saturated heterocycles. The highest BCUT2D eigenvalue weighted by atomic mass is 32.1. The number of thiophene rings is 1. The molecular weight excluding hydrogens is 222 g/mol. The lowest BCUT2D eigenvalue weighted by Gasteiger charge is -2.36. The first-order valence-corrected chi connectivity index (χ1v) is 6.63. The number of piperidine rings is 1. The van der Waals surface area contributed by atoms with E-state index in [4.69, 9.17) is 9.47 Å². The fourth-order valence-corrected chi connectivity index (χ4v) is 3.68. The lowest BCUT2D eigenvalue weighted by Crippen LogP contribution is -2.49. The molecule has 0 radical (unpaired) electrons. The predicted molar refractivity (Wildman–Crippen MR) is 63.5 cm³/mol. The molecule has 3 nitrogen and oxygen atoms in total. The third-order valence-electron chi connectivity index (χ3n) is 3.32. The second-order valence-electron chi connectivity index (χ2n) is 4.93. The van der Waals surface area contributed by atoms with Gasteiger partial charge in [0.25, 0.3) is 0 Å². The fraction of sp³-hybridized carbons (Fsp3) is 0.667. The van der Waals surface area contributed by atoms with Gasteiger partial charge in [0, 0.05) is 11.4 Å². The summed E-state index contributed by atoms with van der Waals surface area (Å²) in [4.78, 5) is 1.30. The van der Waals surface area contributed by atoms with Gasteiger partial charge in [0.05, 0.1) is 0 Å². The second-order valence-corrected chi connectivity index (χ2v) is 5.88. The Kier molecular flexibility index (Phi) is 2.37. The highest BCUT2D eigenvalue weighted by Gasteiger charge is 2.55. The summed E-state index contributed by atoms with van der Waals surface area (Å²) in [7, 11) is 0. The van der Waals surface area contributed by atoms with E-state index < -0.39 is 5.79 Å². The molecule has 0 spiro atoms. The highest BCUT2D eigenvalue weighted by molar-refractivity contribution is 7.10. The summed E-state index contributed by atoms with van der Waals surface area (Å²) >= 11 is 1.76. The lowest BCUT2D eigenvalue weighted by atomic mass is 9.88. The molecule has 2 fully saturated rings. The van der Waals surface area contributed by atoms with Crippen LogP contribution in [0.1, 0.15) is 25.1 Å². The maximum absolute atomic E-state index is 6.23. The van der Waals surface area contributed by atoms with E-state index in [1.54, 1.807) is 11.3 Å². The number of hydrogen-bond acceptors (Lipinski definition) is 4. The number of nitrogens with one attached hydrogen (secondary N) is 1. The summed E-state index contributed by atoms with van der Waals surface area (Å²) in [5.41, 5.74) is -0.219.